The minimum Gasteiger partial charge on any atom is -0.454 e. The van der Waals surface area contributed by atoms with Crippen LogP contribution in [0.1, 0.15) is 53.4 Å². The average Bonchev–Trinajstić information content (AvgIpc) is 3.19. The molecule has 1 aliphatic carbocycles. The van der Waals surface area contributed by atoms with Crippen LogP contribution < -0.4 is 0 Å². The molecule has 0 saturated carbocycles. The quantitative estimate of drug-likeness (QED) is 0.187. The molecular weight excluding hydrogens is 376 g/mol. The van der Waals surface area contributed by atoms with Crippen LogP contribution in [0.5, 0.6) is 0 Å². The van der Waals surface area contributed by atoms with E-state index in [0.717, 1.165) is 17.6 Å². The lowest BCUT2D eigenvalue weighted by molar-refractivity contribution is -0.269. The van der Waals surface area contributed by atoms with Gasteiger partial charge in [0, 0.05) is 24.8 Å². The first kappa shape index (κ1) is 21.7. The van der Waals surface area contributed by atoms with Crippen molar-refractivity contribution in [1.82, 2.24) is 0 Å². The summed E-state index contributed by atoms with van der Waals surface area (Å²) in [4.78, 5) is 28.7. The summed E-state index contributed by atoms with van der Waals surface area (Å²) in [7, 11) is 0. The number of rotatable bonds is 2. The summed E-state index contributed by atoms with van der Waals surface area (Å²) in [6.45, 7) is 11.1. The number of hydrogen-bond donors (Lipinski definition) is 1. The molecule has 0 bridgehead atoms. The maximum Gasteiger partial charge on any atom is 0.334 e. The Hall–Kier alpha value is -1.96. The number of esters is 2. The molecule has 0 aromatic carbocycles. The molecule has 3 aliphatic rings. The molecule has 7 nitrogen and oxygen atoms in total. The molecule has 29 heavy (non-hydrogen) atoms. The second-order valence-electron chi connectivity index (χ2n) is 8.53. The molecule has 7 heteroatoms. The van der Waals surface area contributed by atoms with Gasteiger partial charge in [0.25, 0.3) is 0 Å². The van der Waals surface area contributed by atoms with Gasteiger partial charge in [0.05, 0.1) is 11.7 Å². The van der Waals surface area contributed by atoms with Crippen LogP contribution in [-0.4, -0.2) is 47.2 Å². The van der Waals surface area contributed by atoms with Crippen LogP contribution in [0.15, 0.2) is 35.5 Å². The van der Waals surface area contributed by atoms with Gasteiger partial charge in [-0.2, -0.15) is 0 Å². The fraction of sp³-hybridized carbons (Fsp3) is 0.636. The van der Waals surface area contributed by atoms with Gasteiger partial charge in [0.15, 0.2) is 6.10 Å². The van der Waals surface area contributed by atoms with E-state index in [2.05, 4.69) is 11.5 Å². The molecule has 0 spiro atoms. The van der Waals surface area contributed by atoms with Crippen LogP contribution in [0.2, 0.25) is 0 Å². The summed E-state index contributed by atoms with van der Waals surface area (Å²) in [6.07, 6.45) is 4.48. The van der Waals surface area contributed by atoms with Gasteiger partial charge in [0.2, 0.25) is 0 Å². The van der Waals surface area contributed by atoms with E-state index in [9.17, 15) is 14.8 Å². The van der Waals surface area contributed by atoms with Gasteiger partial charge in [-0.3, -0.25) is 10.1 Å². The maximum absolute atomic E-state index is 12.3. The zero-order chi connectivity index (χ0) is 21.3. The Balaban J connectivity index is 1.94. The summed E-state index contributed by atoms with van der Waals surface area (Å²) in [5.41, 5.74) is 1.80. The highest BCUT2D eigenvalue weighted by atomic mass is 17.1. The fourth-order valence-electron chi connectivity index (χ4n) is 4.35. The lowest BCUT2D eigenvalue weighted by Crippen LogP contribution is -2.37. The SMILES string of the molecule is C=C1C(=O)O[C@@H]2[C@@H]1C[C@@H]1O[C@@]1(C)C[C@H](OO)/C=C(\C)CC/C=C(\C)[C@@H]2OC(C)=O. The highest BCUT2D eigenvalue weighted by Gasteiger charge is 2.57. The highest BCUT2D eigenvalue weighted by Crippen LogP contribution is 2.48. The first-order valence-electron chi connectivity index (χ1n) is 10.0. The second kappa shape index (κ2) is 8.42. The van der Waals surface area contributed by atoms with Crippen molar-refractivity contribution in [3.8, 4) is 0 Å². The Bertz CT molecular complexity index is 752. The molecule has 2 heterocycles. The Morgan fingerprint density at radius 3 is 2.76 bits per heavy atom. The van der Waals surface area contributed by atoms with Crippen molar-refractivity contribution in [2.75, 3.05) is 0 Å². The van der Waals surface area contributed by atoms with Crippen LogP contribution in [0.25, 0.3) is 0 Å². The van der Waals surface area contributed by atoms with E-state index in [0.29, 0.717) is 24.8 Å². The van der Waals surface area contributed by atoms with Crippen molar-refractivity contribution in [2.24, 2.45) is 5.92 Å². The molecule has 2 aliphatic heterocycles. The van der Waals surface area contributed by atoms with E-state index in [1.54, 1.807) is 0 Å². The summed E-state index contributed by atoms with van der Waals surface area (Å²) in [5, 5.41) is 9.31. The standard InChI is InChI=1S/C22H30O7/c1-12-7-6-8-13(2)19(26-15(4)23)20-17(14(3)21(24)27-20)10-18-22(5,28-18)11-16(9-12)29-25/h8-9,16-20,25H,3,6-7,10-11H2,1-2,4-5H3/b12-9+,13-8+/t16-,17-,18+,19+,20-,22+/m1/s1. The molecule has 1 N–H and O–H groups in total. The lowest BCUT2D eigenvalue weighted by Gasteiger charge is -2.27. The van der Waals surface area contributed by atoms with Gasteiger partial charge in [-0.1, -0.05) is 24.3 Å². The minimum atomic E-state index is -0.661. The molecule has 6 atom stereocenters. The zero-order valence-corrected chi connectivity index (χ0v) is 17.5. The van der Waals surface area contributed by atoms with Crippen LogP contribution in [-0.2, 0) is 28.7 Å². The van der Waals surface area contributed by atoms with Crippen molar-refractivity contribution in [1.29, 1.82) is 0 Å². The van der Waals surface area contributed by atoms with E-state index in [-0.39, 0.29) is 12.0 Å². The molecule has 0 amide bonds. The molecule has 160 valence electrons. The first-order valence-corrected chi connectivity index (χ1v) is 10.0. The van der Waals surface area contributed by atoms with Crippen molar-refractivity contribution >= 4 is 11.9 Å². The van der Waals surface area contributed by atoms with Gasteiger partial charge in [0.1, 0.15) is 12.2 Å². The van der Waals surface area contributed by atoms with Gasteiger partial charge >= 0.3 is 11.9 Å². The molecular formula is C22H30O7. The number of fused-ring (bicyclic) bond motifs is 2. The normalized spacial score (nSPS) is 41.6. The van der Waals surface area contributed by atoms with Gasteiger partial charge in [-0.25, -0.2) is 9.68 Å². The van der Waals surface area contributed by atoms with E-state index < -0.39 is 35.9 Å². The van der Waals surface area contributed by atoms with E-state index in [4.69, 9.17) is 14.2 Å². The number of carbonyl (C=O) groups excluding carboxylic acids is 2. The fourth-order valence-corrected chi connectivity index (χ4v) is 4.35. The second-order valence-corrected chi connectivity index (χ2v) is 8.53. The van der Waals surface area contributed by atoms with Crippen molar-refractivity contribution < 1.29 is 33.9 Å². The molecule has 0 radical (unpaired) electrons. The molecule has 0 aromatic rings. The van der Waals surface area contributed by atoms with Crippen molar-refractivity contribution in [3.05, 3.63) is 35.5 Å². The number of carbonyl (C=O) groups is 2. The topological polar surface area (TPSA) is 94.6 Å². The van der Waals surface area contributed by atoms with Crippen LogP contribution >= 0.6 is 0 Å². The number of hydrogen-bond acceptors (Lipinski definition) is 7. The molecule has 0 unspecified atom stereocenters. The van der Waals surface area contributed by atoms with Gasteiger partial charge < -0.3 is 14.2 Å². The minimum absolute atomic E-state index is 0.141. The Labute approximate surface area is 171 Å². The lowest BCUT2D eigenvalue weighted by atomic mass is 9.83. The Kier molecular flexibility index (Phi) is 6.31. The molecule has 0 aromatic heterocycles. The first-order chi connectivity index (χ1) is 13.6. The van der Waals surface area contributed by atoms with E-state index >= 15 is 0 Å². The summed E-state index contributed by atoms with van der Waals surface area (Å²) >= 11 is 0. The predicted octanol–water partition coefficient (Wildman–Crippen LogP) is 3.50. The Morgan fingerprint density at radius 1 is 1.38 bits per heavy atom. The third-order valence-electron chi connectivity index (χ3n) is 6.11. The summed E-state index contributed by atoms with van der Waals surface area (Å²) in [5.74, 6) is -1.22. The van der Waals surface area contributed by atoms with Crippen LogP contribution in [0.4, 0.5) is 0 Å². The monoisotopic (exact) mass is 406 g/mol. The molecule has 3 rings (SSSR count). The number of epoxide rings is 1. The predicted molar refractivity (Wildman–Crippen MR) is 105 cm³/mol. The van der Waals surface area contributed by atoms with Crippen LogP contribution in [0, 0.1) is 5.92 Å². The molecule has 2 saturated heterocycles. The number of allylic oxidation sites excluding steroid dienone is 2. The zero-order valence-electron chi connectivity index (χ0n) is 17.5. The Morgan fingerprint density at radius 2 is 2.10 bits per heavy atom. The van der Waals surface area contributed by atoms with E-state index in [1.165, 1.54) is 6.92 Å². The largest absolute Gasteiger partial charge is 0.454 e. The van der Waals surface area contributed by atoms with Crippen molar-refractivity contribution in [3.63, 3.8) is 0 Å². The third-order valence-corrected chi connectivity index (χ3v) is 6.11. The smallest absolute Gasteiger partial charge is 0.334 e. The third kappa shape index (κ3) is 4.79. The van der Waals surface area contributed by atoms with Gasteiger partial charge in [-0.05, 0) is 45.6 Å². The van der Waals surface area contributed by atoms with Crippen molar-refractivity contribution in [2.45, 2.75) is 83.4 Å². The summed E-state index contributed by atoms with van der Waals surface area (Å²) < 4.78 is 17.1. The molecule has 2 fully saturated rings. The van der Waals surface area contributed by atoms with E-state index in [1.807, 2.05) is 32.9 Å². The summed E-state index contributed by atoms with van der Waals surface area (Å²) in [6, 6.07) is 0. The maximum atomic E-state index is 12.3. The average molecular weight is 406 g/mol. The van der Waals surface area contributed by atoms with Gasteiger partial charge in [-0.15, -0.1) is 0 Å². The number of ether oxygens (including phenoxy) is 3. The highest BCUT2D eigenvalue weighted by molar-refractivity contribution is 5.91. The van der Waals surface area contributed by atoms with Crippen LogP contribution in [0.3, 0.4) is 0 Å².